The summed E-state index contributed by atoms with van der Waals surface area (Å²) < 4.78 is 5.36. The van der Waals surface area contributed by atoms with Crippen LogP contribution in [0.25, 0.3) is 22.5 Å². The summed E-state index contributed by atoms with van der Waals surface area (Å²) in [6.07, 6.45) is 1.32. The molecule has 244 valence electrons. The second-order valence-corrected chi connectivity index (χ2v) is 10.6. The Kier molecular flexibility index (Phi) is 12.0. The van der Waals surface area contributed by atoms with Gasteiger partial charge < -0.3 is 37.1 Å². The van der Waals surface area contributed by atoms with Crippen LogP contribution in [0.2, 0.25) is 10.0 Å². The standard InChI is InChI=1S/C18H17ClN6O3.C13H15ClN4O/c1-10-11(3-2-4-12(10)19)14-9-15(25-17(20)23-14)21-7-8-28-18-22-6-5-13(24-18)16(26)27;1-8-9(3-2-4-10(8)14)11-7-12(16-5-6-19)18-13(15)17-11/h2-6,9H,7-8H2,1H3,(H,26,27)(H3,20,21,23,25);2-4,7,19H,5-6H2,1H3,(H3,15,16,17,18). The number of aromatic carboxylic acids is 1. The Morgan fingerprint density at radius 1 is 0.809 bits per heavy atom. The highest BCUT2D eigenvalue weighted by molar-refractivity contribution is 6.32. The first-order valence-corrected chi connectivity index (χ1v) is 14.9. The molecule has 14 nitrogen and oxygen atoms in total. The van der Waals surface area contributed by atoms with E-state index in [0.29, 0.717) is 46.2 Å². The molecule has 0 fully saturated rings. The van der Waals surface area contributed by atoms with Crippen molar-refractivity contribution in [2.75, 3.05) is 48.4 Å². The molecular weight excluding hydrogens is 647 g/mol. The number of aromatic nitrogens is 6. The van der Waals surface area contributed by atoms with Crippen LogP contribution < -0.4 is 26.8 Å². The van der Waals surface area contributed by atoms with E-state index in [9.17, 15) is 4.79 Å². The molecule has 47 heavy (non-hydrogen) atoms. The minimum Gasteiger partial charge on any atom is -0.477 e. The molecule has 3 heterocycles. The van der Waals surface area contributed by atoms with Crippen LogP contribution in [-0.4, -0.2) is 72.4 Å². The zero-order valence-electron chi connectivity index (χ0n) is 25.4. The molecule has 16 heteroatoms. The van der Waals surface area contributed by atoms with Crippen LogP contribution in [0.3, 0.4) is 0 Å². The maximum atomic E-state index is 10.9. The SMILES string of the molecule is Cc1c(Cl)cccc1-c1cc(NCCO)nc(N)n1.Cc1c(Cl)cccc1-c1cc(NCCOc2nccc(C(=O)O)n2)nc(N)n1. The number of rotatable bonds is 11. The maximum Gasteiger partial charge on any atom is 0.354 e. The molecule has 0 spiro atoms. The lowest BCUT2D eigenvalue weighted by atomic mass is 10.1. The van der Waals surface area contributed by atoms with Gasteiger partial charge in [0.2, 0.25) is 11.9 Å². The second-order valence-electron chi connectivity index (χ2n) is 9.77. The third-order valence-electron chi connectivity index (χ3n) is 6.48. The number of carboxylic acids is 1. The highest BCUT2D eigenvalue weighted by Crippen LogP contribution is 2.29. The Bertz CT molecular complexity index is 1860. The lowest BCUT2D eigenvalue weighted by Crippen LogP contribution is -2.15. The van der Waals surface area contributed by atoms with E-state index in [1.165, 1.54) is 12.3 Å². The van der Waals surface area contributed by atoms with Gasteiger partial charge >= 0.3 is 12.0 Å². The molecule has 8 N–H and O–H groups in total. The molecule has 0 aliphatic heterocycles. The van der Waals surface area contributed by atoms with E-state index in [-0.39, 0.29) is 36.8 Å². The van der Waals surface area contributed by atoms with Crippen molar-refractivity contribution in [3.05, 3.63) is 87.7 Å². The number of carbonyl (C=O) groups is 1. The van der Waals surface area contributed by atoms with Gasteiger partial charge in [0.05, 0.1) is 24.5 Å². The van der Waals surface area contributed by atoms with Gasteiger partial charge in [0, 0.05) is 46.0 Å². The van der Waals surface area contributed by atoms with Crippen molar-refractivity contribution in [3.63, 3.8) is 0 Å². The van der Waals surface area contributed by atoms with Crippen LogP contribution >= 0.6 is 23.2 Å². The molecule has 0 radical (unpaired) electrons. The Labute approximate surface area is 280 Å². The van der Waals surface area contributed by atoms with Crippen LogP contribution in [0.1, 0.15) is 21.6 Å². The summed E-state index contributed by atoms with van der Waals surface area (Å²) >= 11 is 12.3. The number of halogens is 2. The summed E-state index contributed by atoms with van der Waals surface area (Å²) in [6.45, 7) is 4.82. The van der Waals surface area contributed by atoms with Crippen molar-refractivity contribution in [2.45, 2.75) is 13.8 Å². The van der Waals surface area contributed by atoms with Crippen molar-refractivity contribution in [1.82, 2.24) is 29.9 Å². The fourth-order valence-electron chi connectivity index (χ4n) is 4.19. The van der Waals surface area contributed by atoms with Gasteiger partial charge in [-0.05, 0) is 43.2 Å². The molecule has 0 aliphatic rings. The average Bonchev–Trinajstić information content (AvgIpc) is 3.04. The largest absolute Gasteiger partial charge is 0.477 e. The number of aliphatic hydroxyl groups is 1. The predicted octanol–water partition coefficient (Wildman–Crippen LogP) is 4.76. The molecule has 5 aromatic rings. The quantitative estimate of drug-likeness (QED) is 0.104. The number of nitrogens with zero attached hydrogens (tertiary/aromatic N) is 6. The fraction of sp³-hybridized carbons (Fsp3) is 0.194. The minimum atomic E-state index is -1.15. The van der Waals surface area contributed by atoms with Gasteiger partial charge in [0.25, 0.3) is 0 Å². The molecule has 0 amide bonds. The third kappa shape index (κ3) is 9.59. The molecular formula is C31H32Cl2N10O4. The molecule has 2 aromatic carbocycles. The Morgan fingerprint density at radius 3 is 1.85 bits per heavy atom. The predicted molar refractivity (Wildman–Crippen MR) is 182 cm³/mol. The van der Waals surface area contributed by atoms with Gasteiger partial charge in [0.1, 0.15) is 18.2 Å². The van der Waals surface area contributed by atoms with Gasteiger partial charge in [-0.15, -0.1) is 0 Å². The zero-order valence-corrected chi connectivity index (χ0v) is 26.9. The first-order valence-electron chi connectivity index (χ1n) is 14.1. The highest BCUT2D eigenvalue weighted by Gasteiger charge is 2.11. The van der Waals surface area contributed by atoms with Crippen LogP contribution in [0.5, 0.6) is 6.01 Å². The van der Waals surface area contributed by atoms with Crippen LogP contribution in [-0.2, 0) is 0 Å². The molecule has 5 rings (SSSR count). The summed E-state index contributed by atoms with van der Waals surface area (Å²) in [5, 5.41) is 25.1. The van der Waals surface area contributed by atoms with E-state index in [4.69, 9.17) is 49.6 Å². The van der Waals surface area contributed by atoms with E-state index >= 15 is 0 Å². The molecule has 0 saturated carbocycles. The Morgan fingerprint density at radius 2 is 1.34 bits per heavy atom. The van der Waals surface area contributed by atoms with E-state index < -0.39 is 5.97 Å². The number of anilines is 4. The highest BCUT2D eigenvalue weighted by atomic mass is 35.5. The van der Waals surface area contributed by atoms with Crippen molar-refractivity contribution >= 4 is 52.7 Å². The second kappa shape index (κ2) is 16.3. The van der Waals surface area contributed by atoms with E-state index in [2.05, 4.69) is 40.5 Å². The van der Waals surface area contributed by atoms with E-state index in [1.54, 1.807) is 12.1 Å². The molecule has 0 saturated heterocycles. The van der Waals surface area contributed by atoms with E-state index in [0.717, 1.165) is 22.3 Å². The topological polar surface area (TPSA) is 220 Å². The number of hydrogen-bond acceptors (Lipinski definition) is 13. The number of benzene rings is 2. The number of nitrogens with one attached hydrogen (secondary N) is 2. The number of carboxylic acid groups (broad SMARTS) is 1. The monoisotopic (exact) mass is 678 g/mol. The first-order chi connectivity index (χ1) is 22.5. The molecule has 0 atom stereocenters. The van der Waals surface area contributed by atoms with Crippen molar-refractivity contribution < 1.29 is 19.7 Å². The summed E-state index contributed by atoms with van der Waals surface area (Å²) in [4.78, 5) is 35.3. The van der Waals surface area contributed by atoms with Gasteiger partial charge in [-0.2, -0.15) is 15.0 Å². The lowest BCUT2D eigenvalue weighted by molar-refractivity contribution is 0.0688. The summed E-state index contributed by atoms with van der Waals surface area (Å²) in [5.74, 6) is 0.252. The number of ether oxygens (including phenoxy) is 1. The lowest BCUT2D eigenvalue weighted by Gasteiger charge is -2.11. The van der Waals surface area contributed by atoms with Crippen LogP contribution in [0, 0.1) is 13.8 Å². The van der Waals surface area contributed by atoms with Crippen LogP contribution in [0.15, 0.2) is 60.8 Å². The van der Waals surface area contributed by atoms with E-state index in [1.807, 2.05) is 50.2 Å². The van der Waals surface area contributed by atoms with Gasteiger partial charge in [0.15, 0.2) is 5.69 Å². The number of nitrogen functional groups attached to an aromatic ring is 2. The fourth-order valence-corrected chi connectivity index (χ4v) is 4.54. The number of aliphatic hydroxyl groups excluding tert-OH is 1. The molecule has 3 aromatic heterocycles. The maximum absolute atomic E-state index is 10.9. The van der Waals surface area contributed by atoms with Crippen LogP contribution in [0.4, 0.5) is 23.5 Å². The zero-order chi connectivity index (χ0) is 33.9. The third-order valence-corrected chi connectivity index (χ3v) is 7.30. The van der Waals surface area contributed by atoms with Crippen molar-refractivity contribution in [2.24, 2.45) is 0 Å². The van der Waals surface area contributed by atoms with Gasteiger partial charge in [-0.3, -0.25) is 0 Å². The smallest absolute Gasteiger partial charge is 0.354 e. The normalized spacial score (nSPS) is 10.5. The molecule has 0 unspecified atom stereocenters. The van der Waals surface area contributed by atoms with Crippen molar-refractivity contribution in [1.29, 1.82) is 0 Å². The first kappa shape index (κ1) is 34.6. The molecule has 0 bridgehead atoms. The van der Waals surface area contributed by atoms with Crippen molar-refractivity contribution in [3.8, 4) is 28.5 Å². The minimum absolute atomic E-state index is 0.0147. The number of nitrogens with two attached hydrogens (primary N) is 2. The summed E-state index contributed by atoms with van der Waals surface area (Å²) in [5.41, 5.74) is 16.3. The molecule has 0 aliphatic carbocycles. The Hall–Kier alpha value is -5.31. The summed E-state index contributed by atoms with van der Waals surface area (Å²) in [7, 11) is 0. The van der Waals surface area contributed by atoms with Gasteiger partial charge in [-0.25, -0.2) is 19.7 Å². The van der Waals surface area contributed by atoms with Gasteiger partial charge in [-0.1, -0.05) is 47.5 Å². The average molecular weight is 680 g/mol. The number of hydrogen-bond donors (Lipinski definition) is 6. The summed E-state index contributed by atoms with van der Waals surface area (Å²) in [6, 6.07) is 16.0. The Balaban J connectivity index is 0.000000229.